The summed E-state index contributed by atoms with van der Waals surface area (Å²) in [5.74, 6) is 1.41. The van der Waals surface area contributed by atoms with Crippen LogP contribution in [0.3, 0.4) is 0 Å². The lowest BCUT2D eigenvalue weighted by molar-refractivity contribution is 0.0192. The van der Waals surface area contributed by atoms with E-state index < -0.39 is 27.0 Å². The maximum Gasteiger partial charge on any atom is 0.410 e. The Labute approximate surface area is 176 Å². The van der Waals surface area contributed by atoms with E-state index in [2.05, 4.69) is 15.0 Å². The van der Waals surface area contributed by atoms with Crippen molar-refractivity contribution in [3.05, 3.63) is 18.1 Å². The summed E-state index contributed by atoms with van der Waals surface area (Å²) in [6.45, 7) is 9.29. The second-order valence-corrected chi connectivity index (χ2v) is 11.0. The Morgan fingerprint density at radius 3 is 2.47 bits per heavy atom. The van der Waals surface area contributed by atoms with Crippen molar-refractivity contribution in [2.45, 2.75) is 38.5 Å². The average molecular weight is 437 g/mol. The first-order valence-corrected chi connectivity index (χ1v) is 11.6. The molecular formula is C19H28N6O4S. The molecule has 164 valence electrons. The van der Waals surface area contributed by atoms with Gasteiger partial charge in [0.25, 0.3) is 0 Å². The maximum atomic E-state index is 13.1. The summed E-state index contributed by atoms with van der Waals surface area (Å²) in [5.41, 5.74) is 0.182. The van der Waals surface area contributed by atoms with Crippen LogP contribution in [0.15, 0.2) is 12.3 Å². The third-order valence-corrected chi connectivity index (χ3v) is 7.55. The molecule has 2 fully saturated rings. The van der Waals surface area contributed by atoms with Crippen LogP contribution in [0.25, 0.3) is 11.0 Å². The number of piperazine rings is 1. The van der Waals surface area contributed by atoms with Crippen LogP contribution in [-0.2, 0) is 14.8 Å². The lowest BCUT2D eigenvalue weighted by atomic mass is 10.2. The molecule has 0 aliphatic carbocycles. The molecule has 0 aromatic carbocycles. The second-order valence-electron chi connectivity index (χ2n) is 8.77. The number of aryl methyl sites for hydroxylation is 1. The summed E-state index contributed by atoms with van der Waals surface area (Å²) >= 11 is 0. The number of hydrogen-bond acceptors (Lipinski definition) is 7. The summed E-state index contributed by atoms with van der Waals surface area (Å²) in [5, 5.41) is 0.414. The standard InChI is InChI=1S/C19H28N6O4S/c1-13-21-16-15(5-6-20-16)17(22-13)24-11-14(12-24)30(27,28)25-9-7-23(8-10-25)18(26)29-19(2,3)4/h5-6,14H,7-12H2,1-4H3,(H,20,21,22). The Morgan fingerprint density at radius 1 is 1.17 bits per heavy atom. The average Bonchev–Trinajstić information content (AvgIpc) is 3.07. The van der Waals surface area contributed by atoms with Crippen LogP contribution >= 0.6 is 0 Å². The number of rotatable bonds is 3. The highest BCUT2D eigenvalue weighted by Gasteiger charge is 2.43. The van der Waals surface area contributed by atoms with Crippen LogP contribution in [0, 0.1) is 6.92 Å². The highest BCUT2D eigenvalue weighted by Crippen LogP contribution is 2.30. The highest BCUT2D eigenvalue weighted by atomic mass is 32.2. The van der Waals surface area contributed by atoms with Gasteiger partial charge in [0.1, 0.15) is 28.1 Å². The number of amides is 1. The van der Waals surface area contributed by atoms with E-state index in [1.165, 1.54) is 4.31 Å². The van der Waals surface area contributed by atoms with E-state index >= 15 is 0 Å². The molecule has 0 spiro atoms. The topological polar surface area (TPSA) is 112 Å². The minimum atomic E-state index is -3.44. The van der Waals surface area contributed by atoms with E-state index in [1.54, 1.807) is 11.1 Å². The molecule has 0 unspecified atom stereocenters. The van der Waals surface area contributed by atoms with Gasteiger partial charge in [0.05, 0.1) is 5.39 Å². The van der Waals surface area contributed by atoms with Gasteiger partial charge >= 0.3 is 6.09 Å². The number of anilines is 1. The van der Waals surface area contributed by atoms with Crippen molar-refractivity contribution < 1.29 is 17.9 Å². The second kappa shape index (κ2) is 7.38. The lowest BCUT2D eigenvalue weighted by Crippen LogP contribution is -2.61. The number of H-pyrrole nitrogens is 1. The monoisotopic (exact) mass is 436 g/mol. The van der Waals surface area contributed by atoms with Gasteiger partial charge < -0.3 is 19.5 Å². The number of nitrogens with zero attached hydrogens (tertiary/aromatic N) is 5. The van der Waals surface area contributed by atoms with Crippen molar-refractivity contribution in [3.8, 4) is 0 Å². The van der Waals surface area contributed by atoms with Gasteiger partial charge in [-0.25, -0.2) is 23.2 Å². The zero-order valence-electron chi connectivity index (χ0n) is 17.8. The molecule has 4 heterocycles. The normalized spacial score (nSPS) is 19.2. The van der Waals surface area contributed by atoms with Crippen LogP contribution in [0.5, 0.6) is 0 Å². The Hall–Kier alpha value is -2.40. The van der Waals surface area contributed by atoms with Crippen LogP contribution in [0.2, 0.25) is 0 Å². The molecule has 10 nitrogen and oxygen atoms in total. The van der Waals surface area contributed by atoms with Gasteiger partial charge in [0.15, 0.2) is 0 Å². The molecule has 1 amide bonds. The zero-order valence-corrected chi connectivity index (χ0v) is 18.6. The number of nitrogens with one attached hydrogen (secondary N) is 1. The molecule has 2 aromatic rings. The van der Waals surface area contributed by atoms with E-state index in [1.807, 2.05) is 38.7 Å². The first kappa shape index (κ1) is 20.9. The maximum absolute atomic E-state index is 13.1. The molecule has 2 aliphatic rings. The van der Waals surface area contributed by atoms with Gasteiger partial charge in [0.2, 0.25) is 10.0 Å². The molecular weight excluding hydrogens is 408 g/mol. The predicted octanol–water partition coefficient (Wildman–Crippen LogP) is 1.34. The zero-order chi connectivity index (χ0) is 21.7. The third-order valence-electron chi connectivity index (χ3n) is 5.33. The van der Waals surface area contributed by atoms with E-state index in [9.17, 15) is 13.2 Å². The molecule has 0 atom stereocenters. The first-order valence-electron chi connectivity index (χ1n) is 10.1. The molecule has 0 bridgehead atoms. The third kappa shape index (κ3) is 3.95. The summed E-state index contributed by atoms with van der Waals surface area (Å²) < 4.78 is 33.0. The van der Waals surface area contributed by atoms with Gasteiger partial charge in [-0.3, -0.25) is 0 Å². The molecule has 30 heavy (non-hydrogen) atoms. The van der Waals surface area contributed by atoms with Gasteiger partial charge in [-0.15, -0.1) is 0 Å². The van der Waals surface area contributed by atoms with Gasteiger partial charge in [-0.05, 0) is 33.8 Å². The Kier molecular flexibility index (Phi) is 5.13. The number of sulfonamides is 1. The van der Waals surface area contributed by atoms with Crippen LogP contribution < -0.4 is 4.90 Å². The number of carbonyl (C=O) groups is 1. The summed E-state index contributed by atoms with van der Waals surface area (Å²) in [6, 6.07) is 1.90. The van der Waals surface area contributed by atoms with Crippen molar-refractivity contribution >= 4 is 33.0 Å². The molecule has 0 radical (unpaired) electrons. The van der Waals surface area contributed by atoms with E-state index in [-0.39, 0.29) is 13.1 Å². The van der Waals surface area contributed by atoms with Gasteiger partial charge in [0, 0.05) is 45.5 Å². The van der Waals surface area contributed by atoms with Crippen molar-refractivity contribution in [1.29, 1.82) is 0 Å². The molecule has 0 saturated carbocycles. The van der Waals surface area contributed by atoms with Crippen molar-refractivity contribution in [2.75, 3.05) is 44.2 Å². The number of ether oxygens (including phenoxy) is 1. The molecule has 1 N–H and O–H groups in total. The van der Waals surface area contributed by atoms with Gasteiger partial charge in [-0.2, -0.15) is 4.31 Å². The predicted molar refractivity (Wildman–Crippen MR) is 113 cm³/mol. The minimum absolute atomic E-state index is 0.284. The van der Waals surface area contributed by atoms with Gasteiger partial charge in [-0.1, -0.05) is 0 Å². The molecule has 4 rings (SSSR count). The minimum Gasteiger partial charge on any atom is -0.444 e. The fourth-order valence-corrected chi connectivity index (χ4v) is 5.57. The molecule has 2 aliphatic heterocycles. The van der Waals surface area contributed by atoms with Crippen molar-refractivity contribution in [1.82, 2.24) is 24.2 Å². The van der Waals surface area contributed by atoms with Crippen LogP contribution in [0.1, 0.15) is 26.6 Å². The van der Waals surface area contributed by atoms with E-state index in [0.717, 1.165) is 16.9 Å². The van der Waals surface area contributed by atoms with Crippen molar-refractivity contribution in [3.63, 3.8) is 0 Å². The summed E-state index contributed by atoms with van der Waals surface area (Å²) in [6.07, 6.45) is 1.41. The summed E-state index contributed by atoms with van der Waals surface area (Å²) in [4.78, 5) is 27.7. The summed E-state index contributed by atoms with van der Waals surface area (Å²) in [7, 11) is -3.44. The fourth-order valence-electron chi connectivity index (χ4n) is 3.74. The largest absolute Gasteiger partial charge is 0.444 e. The van der Waals surface area contributed by atoms with Crippen LogP contribution in [-0.4, -0.2) is 88.8 Å². The Bertz CT molecular complexity index is 1050. The molecule has 11 heteroatoms. The Morgan fingerprint density at radius 2 is 1.83 bits per heavy atom. The van der Waals surface area contributed by atoms with E-state index in [0.29, 0.717) is 32.0 Å². The van der Waals surface area contributed by atoms with E-state index in [4.69, 9.17) is 4.74 Å². The number of aromatic amines is 1. The quantitative estimate of drug-likeness (QED) is 0.773. The number of carbonyl (C=O) groups excluding carboxylic acids is 1. The molecule has 2 aromatic heterocycles. The molecule has 2 saturated heterocycles. The van der Waals surface area contributed by atoms with Crippen molar-refractivity contribution in [2.24, 2.45) is 0 Å². The number of hydrogen-bond donors (Lipinski definition) is 1. The lowest BCUT2D eigenvalue weighted by Gasteiger charge is -2.43. The highest BCUT2D eigenvalue weighted by molar-refractivity contribution is 7.89. The van der Waals surface area contributed by atoms with Crippen LogP contribution in [0.4, 0.5) is 10.6 Å². The first-order chi connectivity index (χ1) is 14.0. The SMILES string of the molecule is Cc1nc(N2CC(S(=O)(=O)N3CCN(C(=O)OC(C)(C)C)CC3)C2)c2cc[nH]c2n1. The smallest absolute Gasteiger partial charge is 0.410 e. The number of aromatic nitrogens is 3. The Balaban J connectivity index is 1.37. The number of fused-ring (bicyclic) bond motifs is 1. The fraction of sp³-hybridized carbons (Fsp3) is 0.632.